The van der Waals surface area contributed by atoms with Crippen molar-refractivity contribution in [3.8, 4) is 0 Å². The van der Waals surface area contributed by atoms with Crippen molar-refractivity contribution in [1.82, 2.24) is 25.6 Å². The lowest BCUT2D eigenvalue weighted by molar-refractivity contribution is -0.124. The molecule has 6 nitrogen and oxygen atoms in total. The molecule has 0 radical (unpaired) electrons. The van der Waals surface area contributed by atoms with E-state index in [1.54, 1.807) is 10.9 Å². The van der Waals surface area contributed by atoms with Crippen LogP contribution >= 0.6 is 0 Å². The zero-order valence-corrected chi connectivity index (χ0v) is 9.22. The Morgan fingerprint density at radius 2 is 2.56 bits per heavy atom. The summed E-state index contributed by atoms with van der Waals surface area (Å²) in [6.07, 6.45) is 5.32. The minimum Gasteiger partial charge on any atom is -0.356 e. The Balaban J connectivity index is 1.59. The Hall–Kier alpha value is -1.43. The lowest BCUT2D eigenvalue weighted by Crippen LogP contribution is -2.32. The van der Waals surface area contributed by atoms with Gasteiger partial charge in [0.2, 0.25) is 5.91 Å². The molecule has 1 aromatic heterocycles. The van der Waals surface area contributed by atoms with Crippen LogP contribution in [0.1, 0.15) is 12.8 Å². The summed E-state index contributed by atoms with van der Waals surface area (Å²) in [4.78, 5) is 11.6. The van der Waals surface area contributed by atoms with Crippen molar-refractivity contribution in [1.29, 1.82) is 0 Å². The summed E-state index contributed by atoms with van der Waals surface area (Å²) in [6.45, 7) is 3.27. The molecule has 16 heavy (non-hydrogen) atoms. The van der Waals surface area contributed by atoms with Crippen LogP contribution in [0.2, 0.25) is 0 Å². The molecule has 1 aliphatic heterocycles. The SMILES string of the molecule is O=C(NCCCn1ccnn1)C1CCNC1. The van der Waals surface area contributed by atoms with Gasteiger partial charge >= 0.3 is 0 Å². The fraction of sp³-hybridized carbons (Fsp3) is 0.700. The van der Waals surface area contributed by atoms with Gasteiger partial charge in [0.1, 0.15) is 0 Å². The monoisotopic (exact) mass is 223 g/mol. The molecular formula is C10H17N5O. The zero-order chi connectivity index (χ0) is 11.2. The minimum atomic E-state index is 0.159. The summed E-state index contributed by atoms with van der Waals surface area (Å²) in [5, 5.41) is 13.7. The van der Waals surface area contributed by atoms with Gasteiger partial charge in [-0.25, -0.2) is 0 Å². The molecule has 0 aliphatic carbocycles. The van der Waals surface area contributed by atoms with E-state index in [1.165, 1.54) is 0 Å². The molecule has 0 saturated carbocycles. The van der Waals surface area contributed by atoms with Crippen LogP contribution in [0, 0.1) is 5.92 Å². The van der Waals surface area contributed by atoms with Crippen molar-refractivity contribution in [3.05, 3.63) is 12.4 Å². The van der Waals surface area contributed by atoms with Crippen molar-refractivity contribution in [3.63, 3.8) is 0 Å². The second-order valence-corrected chi connectivity index (χ2v) is 4.00. The first kappa shape index (κ1) is 11.1. The number of hydrogen-bond donors (Lipinski definition) is 2. The second kappa shape index (κ2) is 5.60. The van der Waals surface area contributed by atoms with E-state index in [0.29, 0.717) is 6.54 Å². The van der Waals surface area contributed by atoms with Gasteiger partial charge in [-0.1, -0.05) is 5.21 Å². The van der Waals surface area contributed by atoms with E-state index in [2.05, 4.69) is 20.9 Å². The predicted molar refractivity (Wildman–Crippen MR) is 58.6 cm³/mol. The molecule has 0 spiro atoms. The normalized spacial score (nSPS) is 19.9. The smallest absolute Gasteiger partial charge is 0.224 e. The van der Waals surface area contributed by atoms with E-state index in [1.807, 2.05) is 6.20 Å². The van der Waals surface area contributed by atoms with E-state index in [9.17, 15) is 4.79 Å². The first-order valence-electron chi connectivity index (χ1n) is 5.69. The Kier molecular flexibility index (Phi) is 3.87. The van der Waals surface area contributed by atoms with Crippen LogP contribution in [0.3, 0.4) is 0 Å². The lowest BCUT2D eigenvalue weighted by Gasteiger charge is -2.09. The molecule has 6 heteroatoms. The Bertz CT molecular complexity index is 318. The average Bonchev–Trinajstić information content (AvgIpc) is 2.96. The van der Waals surface area contributed by atoms with E-state index >= 15 is 0 Å². The first-order valence-corrected chi connectivity index (χ1v) is 5.69. The average molecular weight is 223 g/mol. The van der Waals surface area contributed by atoms with Crippen LogP contribution in [0.5, 0.6) is 0 Å². The molecule has 1 aromatic rings. The van der Waals surface area contributed by atoms with Gasteiger partial charge in [-0.2, -0.15) is 0 Å². The molecular weight excluding hydrogens is 206 g/mol. The third-order valence-electron chi connectivity index (χ3n) is 2.77. The molecule has 1 amide bonds. The van der Waals surface area contributed by atoms with Crippen molar-refractivity contribution in [2.45, 2.75) is 19.4 Å². The maximum absolute atomic E-state index is 11.6. The second-order valence-electron chi connectivity index (χ2n) is 4.00. The summed E-state index contributed by atoms with van der Waals surface area (Å²) >= 11 is 0. The molecule has 2 rings (SSSR count). The maximum Gasteiger partial charge on any atom is 0.224 e. The number of nitrogens with zero attached hydrogens (tertiary/aromatic N) is 3. The number of nitrogens with one attached hydrogen (secondary N) is 2. The summed E-state index contributed by atoms with van der Waals surface area (Å²) in [7, 11) is 0. The van der Waals surface area contributed by atoms with Crippen molar-refractivity contribution >= 4 is 5.91 Å². The van der Waals surface area contributed by atoms with Gasteiger partial charge in [0.05, 0.1) is 12.1 Å². The van der Waals surface area contributed by atoms with Crippen LogP contribution in [0.4, 0.5) is 0 Å². The predicted octanol–water partition coefficient (Wildman–Crippen LogP) is -0.606. The highest BCUT2D eigenvalue weighted by atomic mass is 16.1. The highest BCUT2D eigenvalue weighted by molar-refractivity contribution is 5.79. The van der Waals surface area contributed by atoms with Gasteiger partial charge in [0, 0.05) is 25.8 Å². The van der Waals surface area contributed by atoms with Gasteiger partial charge in [-0.3, -0.25) is 9.48 Å². The Morgan fingerprint density at radius 3 is 3.25 bits per heavy atom. The molecule has 1 atom stereocenters. The summed E-state index contributed by atoms with van der Waals surface area (Å²) in [5.41, 5.74) is 0. The van der Waals surface area contributed by atoms with E-state index < -0.39 is 0 Å². The number of hydrogen-bond acceptors (Lipinski definition) is 4. The largest absolute Gasteiger partial charge is 0.356 e. The van der Waals surface area contributed by atoms with Crippen LogP contribution in [0.25, 0.3) is 0 Å². The van der Waals surface area contributed by atoms with Gasteiger partial charge < -0.3 is 10.6 Å². The van der Waals surface area contributed by atoms with Crippen molar-refractivity contribution in [2.24, 2.45) is 5.92 Å². The third-order valence-corrected chi connectivity index (χ3v) is 2.77. The van der Waals surface area contributed by atoms with Gasteiger partial charge in [0.15, 0.2) is 0 Å². The number of rotatable bonds is 5. The maximum atomic E-state index is 11.6. The van der Waals surface area contributed by atoms with Crippen molar-refractivity contribution < 1.29 is 4.79 Å². The topological polar surface area (TPSA) is 71.8 Å². The summed E-state index contributed by atoms with van der Waals surface area (Å²) < 4.78 is 1.77. The molecule has 1 saturated heterocycles. The quantitative estimate of drug-likeness (QED) is 0.653. The number of carbonyl (C=O) groups is 1. The molecule has 88 valence electrons. The highest BCUT2D eigenvalue weighted by Crippen LogP contribution is 2.06. The third kappa shape index (κ3) is 3.03. The van der Waals surface area contributed by atoms with Crippen LogP contribution in [0.15, 0.2) is 12.4 Å². The van der Waals surface area contributed by atoms with Gasteiger partial charge in [-0.05, 0) is 19.4 Å². The van der Waals surface area contributed by atoms with Gasteiger partial charge in [0.25, 0.3) is 0 Å². The molecule has 2 N–H and O–H groups in total. The standard InChI is InChI=1S/C10H17N5O/c16-10(9-2-4-11-8-9)12-3-1-6-15-7-5-13-14-15/h5,7,9,11H,1-4,6,8H2,(H,12,16). The fourth-order valence-electron chi connectivity index (χ4n) is 1.83. The first-order chi connectivity index (χ1) is 7.86. The molecule has 1 fully saturated rings. The number of amides is 1. The van der Waals surface area contributed by atoms with Crippen LogP contribution in [-0.2, 0) is 11.3 Å². The number of aromatic nitrogens is 3. The summed E-state index contributed by atoms with van der Waals surface area (Å²) in [5.74, 6) is 0.329. The molecule has 1 unspecified atom stereocenters. The lowest BCUT2D eigenvalue weighted by atomic mass is 10.1. The fourth-order valence-corrected chi connectivity index (χ4v) is 1.83. The van der Waals surface area contributed by atoms with Crippen LogP contribution < -0.4 is 10.6 Å². The van der Waals surface area contributed by atoms with E-state index in [4.69, 9.17) is 0 Å². The highest BCUT2D eigenvalue weighted by Gasteiger charge is 2.21. The number of aryl methyl sites for hydroxylation is 1. The molecule has 0 aromatic carbocycles. The summed E-state index contributed by atoms with van der Waals surface area (Å²) in [6, 6.07) is 0. The Morgan fingerprint density at radius 1 is 1.62 bits per heavy atom. The van der Waals surface area contributed by atoms with E-state index in [0.717, 1.165) is 32.5 Å². The Labute approximate surface area is 94.4 Å². The van der Waals surface area contributed by atoms with E-state index in [-0.39, 0.29) is 11.8 Å². The zero-order valence-electron chi connectivity index (χ0n) is 9.22. The van der Waals surface area contributed by atoms with Crippen LogP contribution in [-0.4, -0.2) is 40.5 Å². The molecule has 0 bridgehead atoms. The molecule has 2 heterocycles. The minimum absolute atomic E-state index is 0.159. The van der Waals surface area contributed by atoms with Crippen molar-refractivity contribution in [2.75, 3.05) is 19.6 Å². The molecule has 1 aliphatic rings. The number of carbonyl (C=O) groups excluding carboxylic acids is 1. The van der Waals surface area contributed by atoms with Gasteiger partial charge in [-0.15, -0.1) is 5.10 Å².